The Labute approximate surface area is 134 Å². The second kappa shape index (κ2) is 6.37. The lowest BCUT2D eigenvalue weighted by molar-refractivity contribution is 0.102. The standard InChI is InChI=1S/C14H13Br2N3O/c1-8-3-4-10(6-12(8)16)19-14(20)11-5-9(15)7-18-13(11)17-2/h3-7H,1-2H3,(H,17,18)(H,19,20). The van der Waals surface area contributed by atoms with Crippen molar-refractivity contribution < 1.29 is 4.79 Å². The molecule has 6 heteroatoms. The van der Waals surface area contributed by atoms with Crippen LogP contribution in [0.4, 0.5) is 11.5 Å². The minimum absolute atomic E-state index is 0.209. The van der Waals surface area contributed by atoms with Crippen LogP contribution in [0.25, 0.3) is 0 Å². The Morgan fingerprint density at radius 3 is 2.65 bits per heavy atom. The van der Waals surface area contributed by atoms with Gasteiger partial charge < -0.3 is 10.6 Å². The molecular weight excluding hydrogens is 386 g/mol. The number of hydrogen-bond acceptors (Lipinski definition) is 3. The van der Waals surface area contributed by atoms with E-state index in [-0.39, 0.29) is 5.91 Å². The summed E-state index contributed by atoms with van der Waals surface area (Å²) in [4.78, 5) is 16.5. The quantitative estimate of drug-likeness (QED) is 0.814. The van der Waals surface area contributed by atoms with Crippen molar-refractivity contribution in [1.29, 1.82) is 0 Å². The van der Waals surface area contributed by atoms with E-state index >= 15 is 0 Å². The number of rotatable bonds is 3. The first-order valence-corrected chi connectivity index (χ1v) is 7.50. The summed E-state index contributed by atoms with van der Waals surface area (Å²) < 4.78 is 1.71. The molecule has 1 amide bonds. The van der Waals surface area contributed by atoms with Crippen molar-refractivity contribution in [2.45, 2.75) is 6.92 Å². The number of anilines is 2. The van der Waals surface area contributed by atoms with Crippen molar-refractivity contribution in [2.75, 3.05) is 17.7 Å². The maximum absolute atomic E-state index is 12.3. The van der Waals surface area contributed by atoms with Gasteiger partial charge in [0.1, 0.15) is 5.82 Å². The van der Waals surface area contributed by atoms with E-state index in [1.54, 1.807) is 19.3 Å². The summed E-state index contributed by atoms with van der Waals surface area (Å²) in [5, 5.41) is 5.77. The van der Waals surface area contributed by atoms with Gasteiger partial charge in [-0.15, -0.1) is 0 Å². The zero-order valence-corrected chi connectivity index (χ0v) is 14.2. The normalized spacial score (nSPS) is 10.2. The molecule has 0 fully saturated rings. The highest BCUT2D eigenvalue weighted by Crippen LogP contribution is 2.23. The van der Waals surface area contributed by atoms with Crippen LogP contribution in [0.1, 0.15) is 15.9 Å². The van der Waals surface area contributed by atoms with Gasteiger partial charge in [0.25, 0.3) is 5.91 Å². The molecule has 0 saturated heterocycles. The number of aromatic nitrogens is 1. The second-order valence-corrected chi connectivity index (χ2v) is 5.99. The number of carbonyl (C=O) groups excluding carboxylic acids is 1. The summed E-state index contributed by atoms with van der Waals surface area (Å²) >= 11 is 6.77. The van der Waals surface area contributed by atoms with Gasteiger partial charge in [-0.1, -0.05) is 22.0 Å². The van der Waals surface area contributed by atoms with Gasteiger partial charge in [-0.05, 0) is 46.6 Å². The van der Waals surface area contributed by atoms with Crippen molar-refractivity contribution in [3.8, 4) is 0 Å². The maximum Gasteiger partial charge on any atom is 0.259 e. The van der Waals surface area contributed by atoms with Crippen LogP contribution >= 0.6 is 31.9 Å². The van der Waals surface area contributed by atoms with E-state index in [1.807, 2.05) is 25.1 Å². The molecular formula is C14H13Br2N3O. The summed E-state index contributed by atoms with van der Waals surface area (Å²) in [6.07, 6.45) is 1.64. The van der Waals surface area contributed by atoms with Gasteiger partial charge in [0.2, 0.25) is 0 Å². The van der Waals surface area contributed by atoms with Crippen LogP contribution in [-0.2, 0) is 0 Å². The molecule has 0 unspecified atom stereocenters. The van der Waals surface area contributed by atoms with Gasteiger partial charge >= 0.3 is 0 Å². The number of amides is 1. The lowest BCUT2D eigenvalue weighted by Crippen LogP contribution is -2.15. The van der Waals surface area contributed by atoms with E-state index in [0.717, 1.165) is 20.2 Å². The molecule has 0 aliphatic heterocycles. The SMILES string of the molecule is CNc1ncc(Br)cc1C(=O)Nc1ccc(C)c(Br)c1. The first-order chi connectivity index (χ1) is 9.51. The van der Waals surface area contributed by atoms with Crippen LogP contribution in [-0.4, -0.2) is 17.9 Å². The summed E-state index contributed by atoms with van der Waals surface area (Å²) in [7, 11) is 1.73. The predicted molar refractivity (Wildman–Crippen MR) is 88.3 cm³/mol. The van der Waals surface area contributed by atoms with Crippen LogP contribution in [0.5, 0.6) is 0 Å². The molecule has 104 valence electrons. The zero-order valence-electron chi connectivity index (χ0n) is 11.0. The Morgan fingerprint density at radius 2 is 2.00 bits per heavy atom. The molecule has 2 rings (SSSR count). The molecule has 0 atom stereocenters. The highest BCUT2D eigenvalue weighted by Gasteiger charge is 2.13. The minimum Gasteiger partial charge on any atom is -0.372 e. The molecule has 4 nitrogen and oxygen atoms in total. The minimum atomic E-state index is -0.209. The third-order valence-electron chi connectivity index (χ3n) is 2.77. The van der Waals surface area contributed by atoms with Gasteiger partial charge in [-0.2, -0.15) is 0 Å². The number of halogens is 2. The van der Waals surface area contributed by atoms with Gasteiger partial charge in [0.05, 0.1) is 5.56 Å². The fourth-order valence-electron chi connectivity index (χ4n) is 1.68. The Hall–Kier alpha value is -1.40. The number of benzene rings is 1. The van der Waals surface area contributed by atoms with E-state index in [2.05, 4.69) is 47.5 Å². The number of hydrogen-bond donors (Lipinski definition) is 2. The molecule has 0 spiro atoms. The summed E-state index contributed by atoms with van der Waals surface area (Å²) in [6.45, 7) is 1.99. The molecule has 2 aromatic rings. The number of nitrogens with zero attached hydrogens (tertiary/aromatic N) is 1. The Bertz CT molecular complexity index is 659. The van der Waals surface area contributed by atoms with E-state index in [1.165, 1.54) is 0 Å². The van der Waals surface area contributed by atoms with Crippen LogP contribution < -0.4 is 10.6 Å². The zero-order chi connectivity index (χ0) is 14.7. The molecule has 2 N–H and O–H groups in total. The Kier molecular flexibility index (Phi) is 4.77. The topological polar surface area (TPSA) is 54.0 Å². The molecule has 1 aromatic heterocycles. The van der Waals surface area contributed by atoms with Crippen molar-refractivity contribution in [3.05, 3.63) is 50.5 Å². The van der Waals surface area contributed by atoms with E-state index in [4.69, 9.17) is 0 Å². The molecule has 20 heavy (non-hydrogen) atoms. The van der Waals surface area contributed by atoms with Gasteiger partial charge in [-0.25, -0.2) is 4.98 Å². The van der Waals surface area contributed by atoms with Crippen LogP contribution in [0.15, 0.2) is 39.4 Å². The van der Waals surface area contributed by atoms with Crippen molar-refractivity contribution in [3.63, 3.8) is 0 Å². The van der Waals surface area contributed by atoms with E-state index in [0.29, 0.717) is 11.4 Å². The molecule has 0 aliphatic carbocycles. The monoisotopic (exact) mass is 397 g/mol. The van der Waals surface area contributed by atoms with E-state index < -0.39 is 0 Å². The van der Waals surface area contributed by atoms with E-state index in [9.17, 15) is 4.79 Å². The number of aryl methyl sites for hydroxylation is 1. The Morgan fingerprint density at radius 1 is 1.25 bits per heavy atom. The van der Waals surface area contributed by atoms with Crippen LogP contribution in [0.2, 0.25) is 0 Å². The number of nitrogens with one attached hydrogen (secondary N) is 2. The van der Waals surface area contributed by atoms with Gasteiger partial charge in [0.15, 0.2) is 0 Å². The lowest BCUT2D eigenvalue weighted by Gasteiger charge is -2.10. The molecule has 0 aliphatic rings. The highest BCUT2D eigenvalue weighted by atomic mass is 79.9. The Balaban J connectivity index is 2.27. The van der Waals surface area contributed by atoms with Gasteiger partial charge in [0, 0.05) is 27.9 Å². The maximum atomic E-state index is 12.3. The molecule has 1 heterocycles. The molecule has 0 saturated carbocycles. The number of carbonyl (C=O) groups is 1. The van der Waals surface area contributed by atoms with Crippen molar-refractivity contribution in [1.82, 2.24) is 4.98 Å². The van der Waals surface area contributed by atoms with Crippen LogP contribution in [0.3, 0.4) is 0 Å². The fraction of sp³-hybridized carbons (Fsp3) is 0.143. The third-order valence-corrected chi connectivity index (χ3v) is 4.05. The third kappa shape index (κ3) is 3.37. The smallest absolute Gasteiger partial charge is 0.259 e. The molecule has 0 radical (unpaired) electrons. The van der Waals surface area contributed by atoms with Crippen molar-refractivity contribution >= 4 is 49.3 Å². The number of pyridine rings is 1. The fourth-order valence-corrected chi connectivity index (χ4v) is 2.39. The summed E-state index contributed by atoms with van der Waals surface area (Å²) in [6, 6.07) is 7.41. The summed E-state index contributed by atoms with van der Waals surface area (Å²) in [5.41, 5.74) is 2.33. The van der Waals surface area contributed by atoms with Crippen LogP contribution in [0, 0.1) is 6.92 Å². The average Bonchev–Trinajstić information content (AvgIpc) is 2.43. The summed E-state index contributed by atoms with van der Waals surface area (Å²) in [5.74, 6) is 0.329. The largest absolute Gasteiger partial charge is 0.372 e. The first-order valence-electron chi connectivity index (χ1n) is 5.92. The van der Waals surface area contributed by atoms with Gasteiger partial charge in [-0.3, -0.25) is 4.79 Å². The second-order valence-electron chi connectivity index (χ2n) is 4.22. The highest BCUT2D eigenvalue weighted by molar-refractivity contribution is 9.10. The average molecular weight is 399 g/mol. The first kappa shape index (κ1) is 15.0. The predicted octanol–water partition coefficient (Wildman–Crippen LogP) is 4.21. The molecule has 0 bridgehead atoms. The van der Waals surface area contributed by atoms with Crippen molar-refractivity contribution in [2.24, 2.45) is 0 Å². The lowest BCUT2D eigenvalue weighted by atomic mass is 10.2. The molecule has 1 aromatic carbocycles.